The van der Waals surface area contributed by atoms with Crippen molar-refractivity contribution in [1.29, 1.82) is 0 Å². The van der Waals surface area contributed by atoms with Gasteiger partial charge in [0.1, 0.15) is 18.1 Å². The summed E-state index contributed by atoms with van der Waals surface area (Å²) < 4.78 is 4.62. The van der Waals surface area contributed by atoms with Gasteiger partial charge in [-0.1, -0.05) is 69.2 Å². The molecule has 0 spiro atoms. The average molecular weight is 700 g/mol. The van der Waals surface area contributed by atoms with Crippen LogP contribution in [0.1, 0.15) is 108 Å². The Balaban J connectivity index is 5.61. The van der Waals surface area contributed by atoms with Crippen LogP contribution >= 0.6 is 0 Å². The van der Waals surface area contributed by atoms with Crippen LogP contribution in [-0.2, 0) is 33.5 Å². The smallest absolute Gasteiger partial charge is 0.308 e. The molecule has 7 atom stereocenters. The molecule has 0 heterocycles. The Bertz CT molecular complexity index is 1080. The minimum Gasteiger partial charge on any atom is -0.469 e. The van der Waals surface area contributed by atoms with E-state index in [4.69, 9.17) is 0 Å². The molecular formula is C35H65N5O9. The monoisotopic (exact) mass is 699 g/mol. The molecule has 0 saturated heterocycles. The van der Waals surface area contributed by atoms with Crippen LogP contribution in [0, 0.1) is 29.6 Å². The summed E-state index contributed by atoms with van der Waals surface area (Å²) in [6.45, 7) is 20.0. The lowest BCUT2D eigenvalue weighted by atomic mass is 9.95. The lowest BCUT2D eigenvalue weighted by Gasteiger charge is -2.31. The van der Waals surface area contributed by atoms with Crippen molar-refractivity contribution in [2.45, 2.75) is 151 Å². The molecule has 0 saturated carbocycles. The third-order valence-corrected chi connectivity index (χ3v) is 7.91. The molecule has 0 aromatic carbocycles. The molecule has 49 heavy (non-hydrogen) atoms. The molecular weight excluding hydrogens is 634 g/mol. The van der Waals surface area contributed by atoms with Gasteiger partial charge < -0.3 is 41.5 Å². The molecule has 14 nitrogen and oxygen atoms in total. The Kier molecular flexibility index (Phi) is 21.0. The minimum atomic E-state index is -1.32. The van der Waals surface area contributed by atoms with Gasteiger partial charge in [-0.15, -0.1) is 0 Å². The number of amides is 5. The van der Waals surface area contributed by atoms with E-state index in [2.05, 4.69) is 31.3 Å². The Labute approximate surface area is 293 Å². The molecule has 0 fully saturated rings. The summed E-state index contributed by atoms with van der Waals surface area (Å²) in [6.07, 6.45) is -2.28. The van der Waals surface area contributed by atoms with Crippen molar-refractivity contribution in [2.24, 2.45) is 29.6 Å². The number of esters is 1. The van der Waals surface area contributed by atoms with Gasteiger partial charge >= 0.3 is 5.97 Å². The summed E-state index contributed by atoms with van der Waals surface area (Å²) in [5, 5.41) is 35.2. The van der Waals surface area contributed by atoms with E-state index in [1.54, 1.807) is 27.7 Å². The molecule has 14 heteroatoms. The van der Waals surface area contributed by atoms with Gasteiger partial charge in [0.2, 0.25) is 29.5 Å². The highest BCUT2D eigenvalue weighted by Crippen LogP contribution is 2.15. The average Bonchev–Trinajstić information content (AvgIpc) is 2.96. The van der Waals surface area contributed by atoms with Gasteiger partial charge in [0.25, 0.3) is 0 Å². The summed E-state index contributed by atoms with van der Waals surface area (Å²) in [6, 6.07) is -4.48. The van der Waals surface area contributed by atoms with Crippen LogP contribution in [0.15, 0.2) is 0 Å². The SMILES string of the molecule is COC(=O)CC(O)C(CC(C)C)NC(=O)C(C)NC(=O)CC(O)C(CC(C)C)NC(=O)C(NC(=O)C(NC(=O)CC(C)C)C(C)C)C(C)C. The van der Waals surface area contributed by atoms with Gasteiger partial charge in [0, 0.05) is 6.42 Å². The molecule has 0 aromatic rings. The van der Waals surface area contributed by atoms with Crippen molar-refractivity contribution in [3.8, 4) is 0 Å². The molecule has 0 aliphatic rings. The second-order valence-electron chi connectivity index (χ2n) is 15.0. The predicted molar refractivity (Wildman–Crippen MR) is 187 cm³/mol. The maximum atomic E-state index is 13.5. The van der Waals surface area contributed by atoms with Crippen LogP contribution in [0.2, 0.25) is 0 Å². The fourth-order valence-electron chi connectivity index (χ4n) is 5.23. The van der Waals surface area contributed by atoms with E-state index in [0.717, 1.165) is 0 Å². The quantitative estimate of drug-likeness (QED) is 0.0816. The maximum Gasteiger partial charge on any atom is 0.308 e. The van der Waals surface area contributed by atoms with Crippen molar-refractivity contribution < 1.29 is 43.7 Å². The van der Waals surface area contributed by atoms with Gasteiger partial charge in [-0.25, -0.2) is 0 Å². The zero-order valence-corrected chi connectivity index (χ0v) is 31.7. The zero-order valence-electron chi connectivity index (χ0n) is 31.7. The number of carbonyl (C=O) groups is 6. The van der Waals surface area contributed by atoms with E-state index in [9.17, 15) is 39.0 Å². The molecule has 0 aromatic heterocycles. The number of carbonyl (C=O) groups excluding carboxylic acids is 6. The third kappa shape index (κ3) is 18.3. The molecule has 0 rings (SSSR count). The van der Waals surface area contributed by atoms with E-state index in [1.807, 2.05) is 41.5 Å². The number of methoxy groups -OCH3 is 1. The van der Waals surface area contributed by atoms with Crippen molar-refractivity contribution in [2.75, 3.05) is 7.11 Å². The molecule has 0 radical (unpaired) electrons. The first-order chi connectivity index (χ1) is 22.6. The summed E-state index contributed by atoms with van der Waals surface area (Å²) in [4.78, 5) is 76.8. The standard InChI is InChI=1S/C35H65N5O9/c1-18(2)13-24(38-34(47)32(22(9)10)40-35(48)31(21(7)8)39-28(43)15-20(5)6)26(41)16-29(44)36-23(11)33(46)37-25(14-19(3)4)27(42)17-30(45)49-12/h18-27,31-32,41-42H,13-17H2,1-12H3,(H,36,44)(H,37,46)(H,38,47)(H,39,43)(H,40,48). The highest BCUT2D eigenvalue weighted by atomic mass is 16.5. The van der Waals surface area contributed by atoms with Gasteiger partial charge in [0.05, 0.1) is 44.2 Å². The molecule has 7 N–H and O–H groups in total. The maximum absolute atomic E-state index is 13.5. The molecule has 0 bridgehead atoms. The number of rotatable bonds is 22. The molecule has 7 unspecified atom stereocenters. The Morgan fingerprint density at radius 2 is 0.918 bits per heavy atom. The number of ether oxygens (including phenoxy) is 1. The first-order valence-electron chi connectivity index (χ1n) is 17.5. The van der Waals surface area contributed by atoms with E-state index >= 15 is 0 Å². The van der Waals surface area contributed by atoms with Gasteiger partial charge in [-0.05, 0) is 49.4 Å². The molecule has 284 valence electrons. The fourth-order valence-corrected chi connectivity index (χ4v) is 5.23. The van der Waals surface area contributed by atoms with Gasteiger partial charge in [-0.3, -0.25) is 28.8 Å². The molecule has 0 aliphatic carbocycles. The van der Waals surface area contributed by atoms with Crippen LogP contribution in [0.4, 0.5) is 0 Å². The lowest BCUT2D eigenvalue weighted by molar-refractivity contribution is -0.144. The first kappa shape index (κ1) is 45.7. The normalized spacial score (nSPS) is 16.0. The van der Waals surface area contributed by atoms with Gasteiger partial charge in [0.15, 0.2) is 0 Å². The van der Waals surface area contributed by atoms with Crippen molar-refractivity contribution in [3.63, 3.8) is 0 Å². The third-order valence-electron chi connectivity index (χ3n) is 7.91. The number of nitrogens with one attached hydrogen (secondary N) is 5. The van der Waals surface area contributed by atoms with Crippen molar-refractivity contribution in [1.82, 2.24) is 26.6 Å². The predicted octanol–water partition coefficient (Wildman–Crippen LogP) is 1.56. The van der Waals surface area contributed by atoms with Crippen LogP contribution in [0.25, 0.3) is 0 Å². The number of hydrogen-bond acceptors (Lipinski definition) is 9. The highest BCUT2D eigenvalue weighted by molar-refractivity contribution is 5.92. The van der Waals surface area contributed by atoms with E-state index < -0.39 is 78.4 Å². The fraction of sp³-hybridized carbons (Fsp3) is 0.829. The van der Waals surface area contributed by atoms with Crippen molar-refractivity contribution >= 4 is 35.5 Å². The lowest BCUT2D eigenvalue weighted by Crippen LogP contribution is -2.59. The Morgan fingerprint density at radius 1 is 0.510 bits per heavy atom. The second-order valence-corrected chi connectivity index (χ2v) is 15.0. The van der Waals surface area contributed by atoms with Crippen LogP contribution in [0.5, 0.6) is 0 Å². The topological polar surface area (TPSA) is 212 Å². The molecule has 0 aliphatic heterocycles. The number of aliphatic hydroxyl groups excluding tert-OH is 2. The first-order valence-corrected chi connectivity index (χ1v) is 17.5. The summed E-state index contributed by atoms with van der Waals surface area (Å²) in [7, 11) is 1.20. The second kappa shape index (κ2) is 22.5. The summed E-state index contributed by atoms with van der Waals surface area (Å²) >= 11 is 0. The van der Waals surface area contributed by atoms with Crippen LogP contribution in [-0.4, -0.2) is 95.2 Å². The van der Waals surface area contributed by atoms with E-state index in [0.29, 0.717) is 12.8 Å². The summed E-state index contributed by atoms with van der Waals surface area (Å²) in [5.74, 6) is -3.51. The molecule has 5 amide bonds. The Hall–Kier alpha value is -3.26. The number of hydrogen-bond donors (Lipinski definition) is 7. The highest BCUT2D eigenvalue weighted by Gasteiger charge is 2.34. The van der Waals surface area contributed by atoms with Crippen molar-refractivity contribution in [3.05, 3.63) is 0 Å². The number of aliphatic hydroxyl groups is 2. The van der Waals surface area contributed by atoms with Crippen LogP contribution in [0.3, 0.4) is 0 Å². The largest absolute Gasteiger partial charge is 0.469 e. The van der Waals surface area contributed by atoms with E-state index in [1.165, 1.54) is 14.0 Å². The zero-order chi connectivity index (χ0) is 38.2. The van der Waals surface area contributed by atoms with E-state index in [-0.39, 0.29) is 48.3 Å². The van der Waals surface area contributed by atoms with Crippen LogP contribution < -0.4 is 26.6 Å². The van der Waals surface area contributed by atoms with Gasteiger partial charge in [-0.2, -0.15) is 0 Å². The summed E-state index contributed by atoms with van der Waals surface area (Å²) in [5.41, 5.74) is 0. The minimum absolute atomic E-state index is 0.0237. The Morgan fingerprint density at radius 3 is 1.35 bits per heavy atom.